The SMILES string of the molecule is COc1ccccc1CC(=O)N1CC(=O)NC(=O)C1(C)C. The minimum absolute atomic E-state index is 0.0774. The molecule has 6 nitrogen and oxygen atoms in total. The number of carbonyl (C=O) groups is 3. The number of piperazine rings is 1. The van der Waals surface area contributed by atoms with Gasteiger partial charge in [-0.2, -0.15) is 0 Å². The lowest BCUT2D eigenvalue weighted by atomic mass is 9.97. The third kappa shape index (κ3) is 2.89. The van der Waals surface area contributed by atoms with E-state index in [1.807, 2.05) is 12.1 Å². The molecule has 0 aromatic heterocycles. The Hall–Kier alpha value is -2.37. The summed E-state index contributed by atoms with van der Waals surface area (Å²) < 4.78 is 5.21. The van der Waals surface area contributed by atoms with Crippen molar-refractivity contribution in [3.8, 4) is 5.75 Å². The van der Waals surface area contributed by atoms with E-state index in [9.17, 15) is 14.4 Å². The molecular weight excluding hydrogens is 272 g/mol. The second kappa shape index (κ2) is 5.55. The Morgan fingerprint density at radius 2 is 2.00 bits per heavy atom. The van der Waals surface area contributed by atoms with Crippen LogP contribution < -0.4 is 10.1 Å². The maximum absolute atomic E-state index is 12.5. The van der Waals surface area contributed by atoms with Crippen molar-refractivity contribution >= 4 is 17.7 Å². The van der Waals surface area contributed by atoms with Crippen molar-refractivity contribution in [2.45, 2.75) is 25.8 Å². The second-order valence-corrected chi connectivity index (χ2v) is 5.40. The lowest BCUT2D eigenvalue weighted by Crippen LogP contribution is -2.65. The molecule has 0 unspecified atom stereocenters. The van der Waals surface area contributed by atoms with Crippen molar-refractivity contribution in [1.82, 2.24) is 10.2 Å². The van der Waals surface area contributed by atoms with Crippen molar-refractivity contribution < 1.29 is 19.1 Å². The number of hydrogen-bond acceptors (Lipinski definition) is 4. The monoisotopic (exact) mass is 290 g/mol. The molecule has 2 rings (SSSR count). The number of nitrogens with one attached hydrogen (secondary N) is 1. The Morgan fingerprint density at radius 1 is 1.33 bits per heavy atom. The number of hydrogen-bond donors (Lipinski definition) is 1. The zero-order chi connectivity index (χ0) is 15.6. The van der Waals surface area contributed by atoms with Crippen molar-refractivity contribution in [2.75, 3.05) is 13.7 Å². The molecule has 3 amide bonds. The van der Waals surface area contributed by atoms with Crippen LogP contribution in [0.2, 0.25) is 0 Å². The highest BCUT2D eigenvalue weighted by Crippen LogP contribution is 2.23. The Bertz CT molecular complexity index is 595. The molecule has 1 aliphatic heterocycles. The van der Waals surface area contributed by atoms with E-state index in [0.29, 0.717) is 5.75 Å². The van der Waals surface area contributed by atoms with E-state index in [4.69, 9.17) is 4.74 Å². The van der Waals surface area contributed by atoms with Crippen LogP contribution in [-0.2, 0) is 20.8 Å². The van der Waals surface area contributed by atoms with Crippen LogP contribution in [-0.4, -0.2) is 41.8 Å². The largest absolute Gasteiger partial charge is 0.496 e. The molecule has 0 spiro atoms. The Kier molecular flexibility index (Phi) is 3.97. The number of methoxy groups -OCH3 is 1. The van der Waals surface area contributed by atoms with Crippen LogP contribution in [0.15, 0.2) is 24.3 Å². The summed E-state index contributed by atoms with van der Waals surface area (Å²) >= 11 is 0. The maximum atomic E-state index is 12.5. The number of para-hydroxylation sites is 1. The first kappa shape index (κ1) is 15.0. The second-order valence-electron chi connectivity index (χ2n) is 5.40. The smallest absolute Gasteiger partial charge is 0.252 e. The summed E-state index contributed by atoms with van der Waals surface area (Å²) in [4.78, 5) is 37.2. The highest BCUT2D eigenvalue weighted by molar-refractivity contribution is 6.06. The molecule has 1 heterocycles. The van der Waals surface area contributed by atoms with Crippen LogP contribution in [0.1, 0.15) is 19.4 Å². The number of carbonyl (C=O) groups excluding carboxylic acids is 3. The van der Waals surface area contributed by atoms with Gasteiger partial charge < -0.3 is 9.64 Å². The van der Waals surface area contributed by atoms with E-state index in [1.165, 1.54) is 12.0 Å². The van der Waals surface area contributed by atoms with Crippen LogP contribution in [0.25, 0.3) is 0 Å². The number of imide groups is 1. The summed E-state index contributed by atoms with van der Waals surface area (Å²) in [5.41, 5.74) is -0.327. The minimum Gasteiger partial charge on any atom is -0.496 e. The zero-order valence-electron chi connectivity index (χ0n) is 12.3. The fourth-order valence-corrected chi connectivity index (χ4v) is 2.29. The number of ether oxygens (including phenoxy) is 1. The number of nitrogens with zero attached hydrogens (tertiary/aromatic N) is 1. The van der Waals surface area contributed by atoms with E-state index < -0.39 is 17.4 Å². The van der Waals surface area contributed by atoms with Gasteiger partial charge in [0, 0.05) is 5.56 Å². The first-order chi connectivity index (χ1) is 9.86. The van der Waals surface area contributed by atoms with Gasteiger partial charge in [0.05, 0.1) is 13.5 Å². The molecular formula is C15H18N2O4. The van der Waals surface area contributed by atoms with Gasteiger partial charge in [0.25, 0.3) is 5.91 Å². The van der Waals surface area contributed by atoms with E-state index in [2.05, 4.69) is 5.32 Å². The van der Waals surface area contributed by atoms with Crippen LogP contribution in [0, 0.1) is 0 Å². The maximum Gasteiger partial charge on any atom is 0.252 e. The molecule has 0 atom stereocenters. The van der Waals surface area contributed by atoms with Gasteiger partial charge in [0.15, 0.2) is 0 Å². The molecule has 0 radical (unpaired) electrons. The molecule has 6 heteroatoms. The van der Waals surface area contributed by atoms with Crippen LogP contribution in [0.3, 0.4) is 0 Å². The lowest BCUT2D eigenvalue weighted by Gasteiger charge is -2.40. The van der Waals surface area contributed by atoms with Gasteiger partial charge in [0.2, 0.25) is 11.8 Å². The van der Waals surface area contributed by atoms with E-state index in [-0.39, 0.29) is 18.9 Å². The summed E-state index contributed by atoms with van der Waals surface area (Å²) in [6.07, 6.45) is 0.0774. The lowest BCUT2D eigenvalue weighted by molar-refractivity contribution is -0.155. The average molecular weight is 290 g/mol. The van der Waals surface area contributed by atoms with Gasteiger partial charge in [-0.3, -0.25) is 19.7 Å². The van der Waals surface area contributed by atoms with Gasteiger partial charge in [0.1, 0.15) is 17.8 Å². The molecule has 1 saturated heterocycles. The van der Waals surface area contributed by atoms with Crippen LogP contribution >= 0.6 is 0 Å². The molecule has 21 heavy (non-hydrogen) atoms. The van der Waals surface area contributed by atoms with Crippen molar-refractivity contribution in [3.05, 3.63) is 29.8 Å². The summed E-state index contributed by atoms with van der Waals surface area (Å²) in [7, 11) is 1.53. The van der Waals surface area contributed by atoms with E-state index in [1.54, 1.807) is 26.0 Å². The standard InChI is InChI=1S/C15H18N2O4/c1-15(2)14(20)16-12(18)9-17(15)13(19)8-10-6-4-5-7-11(10)21-3/h4-7H,8-9H2,1-3H3,(H,16,18,20). The summed E-state index contributed by atoms with van der Waals surface area (Å²) in [6.45, 7) is 3.12. The highest BCUT2D eigenvalue weighted by atomic mass is 16.5. The van der Waals surface area contributed by atoms with Crippen molar-refractivity contribution in [1.29, 1.82) is 0 Å². The number of benzene rings is 1. The third-order valence-corrected chi connectivity index (χ3v) is 3.62. The highest BCUT2D eigenvalue weighted by Gasteiger charge is 2.43. The molecule has 1 aromatic carbocycles. The summed E-state index contributed by atoms with van der Waals surface area (Å²) in [6, 6.07) is 7.18. The third-order valence-electron chi connectivity index (χ3n) is 3.62. The quantitative estimate of drug-likeness (QED) is 0.823. The minimum atomic E-state index is -1.05. The predicted molar refractivity (Wildman–Crippen MR) is 75.6 cm³/mol. The topological polar surface area (TPSA) is 75.7 Å². The van der Waals surface area contributed by atoms with E-state index in [0.717, 1.165) is 5.56 Å². The Balaban J connectivity index is 2.23. The van der Waals surface area contributed by atoms with Gasteiger partial charge in [-0.1, -0.05) is 18.2 Å². The first-order valence-electron chi connectivity index (χ1n) is 6.63. The number of amides is 3. The van der Waals surface area contributed by atoms with E-state index >= 15 is 0 Å². The molecule has 112 valence electrons. The van der Waals surface area contributed by atoms with Crippen LogP contribution in [0.4, 0.5) is 0 Å². The molecule has 1 fully saturated rings. The van der Waals surface area contributed by atoms with Crippen molar-refractivity contribution in [2.24, 2.45) is 0 Å². The average Bonchev–Trinajstić information content (AvgIpc) is 2.43. The molecule has 1 aromatic rings. The molecule has 0 saturated carbocycles. The van der Waals surface area contributed by atoms with Gasteiger partial charge in [-0.25, -0.2) is 0 Å². The molecule has 0 aliphatic carbocycles. The number of rotatable bonds is 3. The van der Waals surface area contributed by atoms with Gasteiger partial charge in [-0.05, 0) is 19.9 Å². The fourth-order valence-electron chi connectivity index (χ4n) is 2.29. The van der Waals surface area contributed by atoms with Crippen LogP contribution in [0.5, 0.6) is 5.75 Å². The van der Waals surface area contributed by atoms with Gasteiger partial charge >= 0.3 is 0 Å². The molecule has 1 aliphatic rings. The van der Waals surface area contributed by atoms with Crippen molar-refractivity contribution in [3.63, 3.8) is 0 Å². The predicted octanol–water partition coefficient (Wildman–Crippen LogP) is 0.501. The normalized spacial score (nSPS) is 17.4. The molecule has 1 N–H and O–H groups in total. The molecule has 0 bridgehead atoms. The Morgan fingerprint density at radius 3 is 2.67 bits per heavy atom. The summed E-state index contributed by atoms with van der Waals surface area (Å²) in [5.74, 6) is -0.607. The summed E-state index contributed by atoms with van der Waals surface area (Å²) in [5, 5.41) is 2.24. The first-order valence-corrected chi connectivity index (χ1v) is 6.63. The van der Waals surface area contributed by atoms with Gasteiger partial charge in [-0.15, -0.1) is 0 Å². The fraction of sp³-hybridized carbons (Fsp3) is 0.400. The Labute approximate surface area is 123 Å². The zero-order valence-corrected chi connectivity index (χ0v) is 12.3.